The Morgan fingerprint density at radius 2 is 1.95 bits per heavy atom. The van der Waals surface area contributed by atoms with Crippen LogP contribution in [0.15, 0.2) is 11.5 Å². The van der Waals surface area contributed by atoms with Crippen molar-refractivity contribution < 1.29 is 13.3 Å². The van der Waals surface area contributed by atoms with Crippen LogP contribution in [-0.4, -0.2) is 40.4 Å². The molecule has 0 aromatic rings. The van der Waals surface area contributed by atoms with Gasteiger partial charge in [0, 0.05) is 6.04 Å². The largest absolute Gasteiger partial charge is 0.632 e. The van der Waals surface area contributed by atoms with E-state index in [0.29, 0.717) is 0 Å². The molecule has 110 valence electrons. The van der Waals surface area contributed by atoms with Crippen LogP contribution >= 0.6 is 0 Å². The van der Waals surface area contributed by atoms with Crippen molar-refractivity contribution in [3.63, 3.8) is 0 Å². The number of unbranched alkanes of at least 4 members (excludes halogenated alkanes) is 2. The van der Waals surface area contributed by atoms with E-state index in [4.69, 9.17) is 13.3 Å². The third-order valence-electron chi connectivity index (χ3n) is 3.69. The van der Waals surface area contributed by atoms with Crippen molar-refractivity contribution in [1.82, 2.24) is 4.90 Å². The van der Waals surface area contributed by atoms with Gasteiger partial charge in [0.1, 0.15) is 17.6 Å². The zero-order valence-corrected chi connectivity index (χ0v) is 13.7. The summed E-state index contributed by atoms with van der Waals surface area (Å²) in [5.41, 5.74) is 0. The van der Waals surface area contributed by atoms with Crippen LogP contribution in [0.3, 0.4) is 0 Å². The SMILES string of the molecule is CCCCCC1O[Si]2(CCCN(C)C)OC(C)=C1O2. The summed E-state index contributed by atoms with van der Waals surface area (Å²) in [5.74, 6) is 1.97. The van der Waals surface area contributed by atoms with Crippen LogP contribution in [0, 0.1) is 0 Å². The molecule has 0 radical (unpaired) electrons. The highest BCUT2D eigenvalue weighted by molar-refractivity contribution is 6.62. The standard InChI is InChI=1S/C14H27NO3Si/c1-5-6-7-9-13-14-12(2)16-19(17-13,18-14)11-8-10-15(3)4/h13H,5-11H2,1-4H3. The molecule has 2 atom stereocenters. The predicted octanol–water partition coefficient (Wildman–Crippen LogP) is 3.13. The van der Waals surface area contributed by atoms with Gasteiger partial charge in [0.25, 0.3) is 0 Å². The number of allylic oxidation sites excluding steroid dienone is 1. The Balaban J connectivity index is 1.85. The van der Waals surface area contributed by atoms with Gasteiger partial charge < -0.3 is 18.2 Å². The van der Waals surface area contributed by atoms with E-state index < -0.39 is 8.80 Å². The van der Waals surface area contributed by atoms with Gasteiger partial charge in [-0.25, -0.2) is 0 Å². The first-order valence-electron chi connectivity index (χ1n) is 7.47. The van der Waals surface area contributed by atoms with Gasteiger partial charge in [0.15, 0.2) is 0 Å². The average molecular weight is 285 g/mol. The third-order valence-corrected chi connectivity index (χ3v) is 6.45. The molecular weight excluding hydrogens is 258 g/mol. The molecule has 0 aromatic carbocycles. The summed E-state index contributed by atoms with van der Waals surface area (Å²) >= 11 is 0. The summed E-state index contributed by atoms with van der Waals surface area (Å²) in [7, 11) is 1.80. The molecule has 0 spiro atoms. The van der Waals surface area contributed by atoms with E-state index >= 15 is 0 Å². The monoisotopic (exact) mass is 285 g/mol. The molecule has 0 saturated carbocycles. The lowest BCUT2D eigenvalue weighted by atomic mass is 10.1. The summed E-state index contributed by atoms with van der Waals surface area (Å²) in [6.07, 6.45) is 6.04. The average Bonchev–Trinajstić information content (AvgIpc) is 2.83. The van der Waals surface area contributed by atoms with Crippen LogP contribution in [0.5, 0.6) is 0 Å². The molecule has 1 fully saturated rings. The van der Waals surface area contributed by atoms with Crippen molar-refractivity contribution in [2.75, 3.05) is 20.6 Å². The first-order chi connectivity index (χ1) is 9.06. The van der Waals surface area contributed by atoms with Crippen molar-refractivity contribution in [1.29, 1.82) is 0 Å². The van der Waals surface area contributed by atoms with E-state index in [0.717, 1.165) is 36.9 Å². The third kappa shape index (κ3) is 3.52. The lowest BCUT2D eigenvalue weighted by Gasteiger charge is -2.23. The molecule has 2 bridgehead atoms. The van der Waals surface area contributed by atoms with Gasteiger partial charge in [-0.05, 0) is 40.4 Å². The molecule has 2 aliphatic heterocycles. The van der Waals surface area contributed by atoms with Crippen molar-refractivity contribution >= 4 is 8.80 Å². The Bertz CT molecular complexity index is 346. The quantitative estimate of drug-likeness (QED) is 0.506. The van der Waals surface area contributed by atoms with Gasteiger partial charge in [-0.15, -0.1) is 0 Å². The fourth-order valence-corrected chi connectivity index (χ4v) is 5.58. The van der Waals surface area contributed by atoms with E-state index in [9.17, 15) is 0 Å². The molecule has 2 unspecified atom stereocenters. The van der Waals surface area contributed by atoms with E-state index in [1.54, 1.807) is 0 Å². The fourth-order valence-electron chi connectivity index (χ4n) is 2.70. The Morgan fingerprint density at radius 3 is 2.63 bits per heavy atom. The maximum absolute atomic E-state index is 6.16. The molecule has 0 aliphatic carbocycles. The number of rotatable bonds is 8. The minimum absolute atomic E-state index is 0.173. The summed E-state index contributed by atoms with van der Waals surface area (Å²) in [6, 6.07) is 0.927. The van der Waals surface area contributed by atoms with Gasteiger partial charge >= 0.3 is 8.80 Å². The van der Waals surface area contributed by atoms with Crippen LogP contribution in [-0.2, 0) is 13.3 Å². The molecule has 1 saturated heterocycles. The zero-order chi connectivity index (χ0) is 13.9. The number of nitrogens with zero attached hydrogens (tertiary/aromatic N) is 1. The van der Waals surface area contributed by atoms with Crippen molar-refractivity contribution in [2.45, 2.75) is 58.1 Å². The van der Waals surface area contributed by atoms with E-state index in [1.807, 2.05) is 6.92 Å². The normalized spacial score (nSPS) is 29.0. The molecule has 2 rings (SSSR count). The fraction of sp³-hybridized carbons (Fsp3) is 0.857. The van der Waals surface area contributed by atoms with E-state index in [1.165, 1.54) is 19.3 Å². The molecule has 0 N–H and O–H groups in total. The van der Waals surface area contributed by atoms with Crippen LogP contribution in [0.4, 0.5) is 0 Å². The lowest BCUT2D eigenvalue weighted by molar-refractivity contribution is 0.143. The highest BCUT2D eigenvalue weighted by Gasteiger charge is 2.59. The van der Waals surface area contributed by atoms with Gasteiger partial charge in [0.2, 0.25) is 0 Å². The second kappa shape index (κ2) is 6.28. The lowest BCUT2D eigenvalue weighted by Crippen LogP contribution is -2.40. The van der Waals surface area contributed by atoms with Crippen LogP contribution in [0.25, 0.3) is 0 Å². The minimum atomic E-state index is -2.39. The van der Waals surface area contributed by atoms with Crippen LogP contribution < -0.4 is 0 Å². The Morgan fingerprint density at radius 1 is 1.16 bits per heavy atom. The van der Waals surface area contributed by atoms with Gasteiger partial charge in [-0.2, -0.15) is 0 Å². The maximum atomic E-state index is 6.16. The molecule has 0 amide bonds. The summed E-state index contributed by atoms with van der Waals surface area (Å²) in [6.45, 7) is 5.30. The first kappa shape index (κ1) is 14.9. The molecule has 4 nitrogen and oxygen atoms in total. The molecule has 5 heteroatoms. The Kier molecular flexibility index (Phi) is 4.92. The summed E-state index contributed by atoms with van der Waals surface area (Å²) in [4.78, 5) is 2.19. The van der Waals surface area contributed by atoms with Gasteiger partial charge in [0.05, 0.1) is 0 Å². The second-order valence-electron chi connectivity index (χ2n) is 5.82. The highest BCUT2D eigenvalue weighted by atomic mass is 28.4. The molecule has 2 aliphatic rings. The molecule has 2 heterocycles. The minimum Gasteiger partial charge on any atom is -0.493 e. The topological polar surface area (TPSA) is 30.9 Å². The smallest absolute Gasteiger partial charge is 0.493 e. The number of hydrogen-bond acceptors (Lipinski definition) is 4. The van der Waals surface area contributed by atoms with Crippen molar-refractivity contribution in [2.24, 2.45) is 0 Å². The van der Waals surface area contributed by atoms with E-state index in [-0.39, 0.29) is 6.10 Å². The van der Waals surface area contributed by atoms with Gasteiger partial charge in [-0.3, -0.25) is 0 Å². The first-order valence-corrected chi connectivity index (χ1v) is 9.41. The highest BCUT2D eigenvalue weighted by Crippen LogP contribution is 2.43. The summed E-state index contributed by atoms with van der Waals surface area (Å²) < 4.78 is 18.1. The second-order valence-corrected chi connectivity index (χ2v) is 8.33. The summed E-state index contributed by atoms with van der Waals surface area (Å²) in [5, 5.41) is 0. The van der Waals surface area contributed by atoms with Crippen LogP contribution in [0.1, 0.15) is 46.0 Å². The Labute approximate surface area is 118 Å². The molecule has 0 aromatic heterocycles. The predicted molar refractivity (Wildman–Crippen MR) is 77.6 cm³/mol. The number of hydrogen-bond donors (Lipinski definition) is 0. The van der Waals surface area contributed by atoms with Gasteiger partial charge in [-0.1, -0.05) is 26.2 Å². The molecular formula is C14H27NO3Si. The Hall–Kier alpha value is -0.523. The van der Waals surface area contributed by atoms with Crippen molar-refractivity contribution in [3.8, 4) is 0 Å². The maximum Gasteiger partial charge on any atom is 0.632 e. The van der Waals surface area contributed by atoms with Crippen LogP contribution in [0.2, 0.25) is 6.04 Å². The number of fused-ring (bicyclic) bond motifs is 2. The van der Waals surface area contributed by atoms with E-state index in [2.05, 4.69) is 25.9 Å². The van der Waals surface area contributed by atoms with Crippen molar-refractivity contribution in [3.05, 3.63) is 11.5 Å². The zero-order valence-electron chi connectivity index (χ0n) is 12.7. The molecule has 19 heavy (non-hydrogen) atoms.